The Kier molecular flexibility index (Phi) is 3.70. The Morgan fingerprint density at radius 1 is 1.14 bits per heavy atom. The van der Waals surface area contributed by atoms with Crippen LogP contribution in [0.15, 0.2) is 16.7 Å². The fourth-order valence-corrected chi connectivity index (χ4v) is 4.34. The molecule has 1 amide bonds. The van der Waals surface area contributed by atoms with E-state index < -0.39 is 0 Å². The van der Waals surface area contributed by atoms with Crippen molar-refractivity contribution >= 4 is 5.91 Å². The van der Waals surface area contributed by atoms with Crippen LogP contribution < -0.4 is 0 Å². The lowest BCUT2D eigenvalue weighted by atomic mass is 9.83. The molecule has 5 nitrogen and oxygen atoms in total. The van der Waals surface area contributed by atoms with Crippen molar-refractivity contribution in [2.75, 3.05) is 45.8 Å². The Morgan fingerprint density at radius 2 is 1.86 bits per heavy atom. The number of hydrogen-bond acceptors (Lipinski definition) is 4. The van der Waals surface area contributed by atoms with Crippen LogP contribution in [0.1, 0.15) is 29.0 Å². The van der Waals surface area contributed by atoms with Crippen LogP contribution in [0.25, 0.3) is 0 Å². The summed E-state index contributed by atoms with van der Waals surface area (Å²) in [6.45, 7) is 9.39. The highest BCUT2D eigenvalue weighted by atomic mass is 16.3. The van der Waals surface area contributed by atoms with Crippen LogP contribution in [0.2, 0.25) is 0 Å². The average molecular weight is 303 g/mol. The topological polar surface area (TPSA) is 39.9 Å². The number of amides is 1. The molecule has 0 unspecified atom stereocenters. The maximum absolute atomic E-state index is 12.5. The zero-order valence-electron chi connectivity index (χ0n) is 13.3. The van der Waals surface area contributed by atoms with Crippen molar-refractivity contribution in [3.05, 3.63) is 23.7 Å². The number of rotatable bonds is 2. The second kappa shape index (κ2) is 5.70. The third-order valence-electron chi connectivity index (χ3n) is 5.75. The standard InChI is InChI=1S/C17H25N3O2/c1-13-4-11-22-16(13)17(21)20-9-7-19(8-10-20)15-12-18-5-2-14(15)3-6-18/h4,11,14-15H,2-3,5-10,12H2,1H3/t15-/m0/s1. The van der Waals surface area contributed by atoms with Gasteiger partial charge in [-0.1, -0.05) is 0 Å². The van der Waals surface area contributed by atoms with Crippen LogP contribution in [0.5, 0.6) is 0 Å². The molecule has 5 rings (SSSR count). The largest absolute Gasteiger partial charge is 0.459 e. The van der Waals surface area contributed by atoms with Crippen LogP contribution in [0.3, 0.4) is 0 Å². The molecule has 120 valence electrons. The molecule has 4 aliphatic rings. The Hall–Kier alpha value is -1.33. The number of carbonyl (C=O) groups excluding carboxylic acids is 1. The minimum Gasteiger partial charge on any atom is -0.459 e. The molecule has 4 aliphatic heterocycles. The summed E-state index contributed by atoms with van der Waals surface area (Å²) in [5, 5.41) is 0. The molecule has 5 heterocycles. The van der Waals surface area contributed by atoms with Gasteiger partial charge < -0.3 is 14.2 Å². The van der Waals surface area contributed by atoms with Gasteiger partial charge in [0.1, 0.15) is 0 Å². The number of hydrogen-bond donors (Lipinski definition) is 0. The quantitative estimate of drug-likeness (QED) is 0.829. The van der Waals surface area contributed by atoms with Gasteiger partial charge in [0.25, 0.3) is 5.91 Å². The van der Waals surface area contributed by atoms with E-state index in [2.05, 4.69) is 9.80 Å². The molecule has 2 bridgehead atoms. The lowest BCUT2D eigenvalue weighted by Crippen LogP contribution is -2.61. The molecular weight excluding hydrogens is 278 g/mol. The minimum absolute atomic E-state index is 0.0519. The van der Waals surface area contributed by atoms with Gasteiger partial charge in [-0.05, 0) is 44.8 Å². The van der Waals surface area contributed by atoms with Gasteiger partial charge in [0.15, 0.2) is 5.76 Å². The first-order chi connectivity index (χ1) is 10.7. The van der Waals surface area contributed by atoms with Gasteiger partial charge in [0.2, 0.25) is 0 Å². The van der Waals surface area contributed by atoms with Crippen LogP contribution in [-0.2, 0) is 0 Å². The molecule has 4 saturated heterocycles. The first-order valence-electron chi connectivity index (χ1n) is 8.52. The van der Waals surface area contributed by atoms with E-state index in [-0.39, 0.29) is 5.91 Å². The van der Waals surface area contributed by atoms with Crippen molar-refractivity contribution in [3.63, 3.8) is 0 Å². The number of fused-ring (bicyclic) bond motifs is 3. The van der Waals surface area contributed by atoms with Crippen molar-refractivity contribution in [1.29, 1.82) is 0 Å². The fraction of sp³-hybridized carbons (Fsp3) is 0.706. The van der Waals surface area contributed by atoms with E-state index in [4.69, 9.17) is 4.42 Å². The number of piperidine rings is 3. The van der Waals surface area contributed by atoms with Gasteiger partial charge in [0, 0.05) is 44.3 Å². The van der Waals surface area contributed by atoms with Crippen molar-refractivity contribution < 1.29 is 9.21 Å². The first kappa shape index (κ1) is 14.3. The summed E-state index contributed by atoms with van der Waals surface area (Å²) < 4.78 is 5.35. The summed E-state index contributed by atoms with van der Waals surface area (Å²) in [4.78, 5) is 19.7. The molecule has 0 spiro atoms. The smallest absolute Gasteiger partial charge is 0.289 e. The number of carbonyl (C=O) groups is 1. The molecule has 5 heteroatoms. The van der Waals surface area contributed by atoms with Crippen molar-refractivity contribution in [2.45, 2.75) is 25.8 Å². The molecule has 0 saturated carbocycles. The summed E-state index contributed by atoms with van der Waals surface area (Å²) in [5.41, 5.74) is 0.935. The van der Waals surface area contributed by atoms with Gasteiger partial charge in [-0.2, -0.15) is 0 Å². The highest BCUT2D eigenvalue weighted by Gasteiger charge is 2.38. The summed E-state index contributed by atoms with van der Waals surface area (Å²) in [6.07, 6.45) is 4.32. The Balaban J connectivity index is 1.37. The van der Waals surface area contributed by atoms with Gasteiger partial charge in [-0.25, -0.2) is 0 Å². The van der Waals surface area contributed by atoms with Crippen LogP contribution >= 0.6 is 0 Å². The van der Waals surface area contributed by atoms with Crippen LogP contribution in [0, 0.1) is 12.8 Å². The number of piperazine rings is 1. The maximum atomic E-state index is 12.5. The minimum atomic E-state index is 0.0519. The monoisotopic (exact) mass is 303 g/mol. The molecule has 0 aromatic carbocycles. The second-order valence-electron chi connectivity index (χ2n) is 6.97. The summed E-state index contributed by atoms with van der Waals surface area (Å²) in [5.74, 6) is 1.44. The third kappa shape index (κ3) is 2.46. The van der Waals surface area contributed by atoms with Crippen molar-refractivity contribution in [1.82, 2.24) is 14.7 Å². The third-order valence-corrected chi connectivity index (χ3v) is 5.75. The highest BCUT2D eigenvalue weighted by molar-refractivity contribution is 5.92. The van der Waals surface area contributed by atoms with Crippen LogP contribution in [0.4, 0.5) is 0 Å². The van der Waals surface area contributed by atoms with E-state index in [9.17, 15) is 4.79 Å². The second-order valence-corrected chi connectivity index (χ2v) is 6.97. The Labute approximate surface area is 131 Å². The first-order valence-corrected chi connectivity index (χ1v) is 8.52. The Bertz CT molecular complexity index is 540. The average Bonchev–Trinajstić information content (AvgIpc) is 3.01. The summed E-state index contributed by atoms with van der Waals surface area (Å²) >= 11 is 0. The van der Waals surface area contributed by atoms with E-state index >= 15 is 0 Å². The molecule has 0 N–H and O–H groups in total. The molecule has 0 radical (unpaired) electrons. The van der Waals surface area contributed by atoms with Gasteiger partial charge in [-0.15, -0.1) is 0 Å². The molecule has 22 heavy (non-hydrogen) atoms. The van der Waals surface area contributed by atoms with Crippen molar-refractivity contribution in [2.24, 2.45) is 5.92 Å². The predicted octanol–water partition coefficient (Wildman–Crippen LogP) is 1.44. The zero-order valence-corrected chi connectivity index (χ0v) is 13.3. The van der Waals surface area contributed by atoms with E-state index in [0.29, 0.717) is 11.8 Å². The van der Waals surface area contributed by atoms with Crippen LogP contribution in [-0.4, -0.2) is 72.5 Å². The SMILES string of the molecule is Cc1ccoc1C(=O)N1CCN([C@H]2CN3CCC2CC3)CC1. The zero-order chi connectivity index (χ0) is 15.1. The molecule has 1 aromatic heterocycles. The lowest BCUT2D eigenvalue weighted by Gasteiger charge is -2.50. The van der Waals surface area contributed by atoms with E-state index in [1.54, 1.807) is 6.26 Å². The molecule has 0 aliphatic carbocycles. The summed E-state index contributed by atoms with van der Waals surface area (Å²) in [7, 11) is 0. The maximum Gasteiger partial charge on any atom is 0.289 e. The Morgan fingerprint density at radius 3 is 2.41 bits per heavy atom. The summed E-state index contributed by atoms with van der Waals surface area (Å²) in [6, 6.07) is 2.57. The number of furan rings is 1. The molecule has 1 atom stereocenters. The van der Waals surface area contributed by atoms with Gasteiger partial charge >= 0.3 is 0 Å². The normalized spacial score (nSPS) is 32.4. The molecule has 4 fully saturated rings. The van der Waals surface area contributed by atoms with E-state index in [0.717, 1.165) is 37.7 Å². The van der Waals surface area contributed by atoms with Crippen molar-refractivity contribution in [3.8, 4) is 0 Å². The highest BCUT2D eigenvalue weighted by Crippen LogP contribution is 2.31. The van der Waals surface area contributed by atoms with Gasteiger partial charge in [-0.3, -0.25) is 9.69 Å². The molecular formula is C17H25N3O2. The fourth-order valence-electron chi connectivity index (χ4n) is 4.34. The predicted molar refractivity (Wildman–Crippen MR) is 83.9 cm³/mol. The number of aryl methyl sites for hydroxylation is 1. The van der Waals surface area contributed by atoms with E-state index in [1.807, 2.05) is 17.9 Å². The van der Waals surface area contributed by atoms with E-state index in [1.165, 1.54) is 32.5 Å². The lowest BCUT2D eigenvalue weighted by molar-refractivity contribution is -0.0135. The number of nitrogens with zero attached hydrogens (tertiary/aromatic N) is 3. The van der Waals surface area contributed by atoms with Gasteiger partial charge in [0.05, 0.1) is 6.26 Å². The molecule has 1 aromatic rings.